The highest BCUT2D eigenvalue weighted by Crippen LogP contribution is 2.30. The Hall–Kier alpha value is -1.84. The highest BCUT2D eigenvalue weighted by Gasteiger charge is 2.32. The van der Waals surface area contributed by atoms with Gasteiger partial charge in [-0.1, -0.05) is 38.3 Å². The number of benzene rings is 1. The third-order valence-corrected chi connectivity index (χ3v) is 4.27. The van der Waals surface area contributed by atoms with Crippen molar-refractivity contribution in [3.8, 4) is 5.75 Å². The fraction of sp³-hybridized carbons (Fsp3) is 0.556. The van der Waals surface area contributed by atoms with Crippen molar-refractivity contribution in [3.05, 3.63) is 29.8 Å². The van der Waals surface area contributed by atoms with Gasteiger partial charge in [0, 0.05) is 25.3 Å². The number of carbonyl (C=O) groups excluding carboxylic acids is 2. The molecule has 4 heteroatoms. The Morgan fingerprint density at radius 2 is 1.68 bits per heavy atom. The lowest BCUT2D eigenvalue weighted by Gasteiger charge is -2.30. The molecule has 1 aliphatic rings. The number of amides is 2. The van der Waals surface area contributed by atoms with Gasteiger partial charge in [-0.25, -0.2) is 0 Å². The summed E-state index contributed by atoms with van der Waals surface area (Å²) in [5, 5.41) is 0. The zero-order valence-electron chi connectivity index (χ0n) is 13.5. The van der Waals surface area contributed by atoms with Gasteiger partial charge in [0.25, 0.3) is 0 Å². The Kier molecular flexibility index (Phi) is 5.99. The lowest BCUT2D eigenvalue weighted by atomic mass is 9.88. The molecule has 1 fully saturated rings. The second-order valence-corrected chi connectivity index (χ2v) is 5.88. The average Bonchev–Trinajstić information content (AvgIpc) is 2.53. The molecule has 2 amide bonds. The van der Waals surface area contributed by atoms with Crippen LogP contribution in [0.15, 0.2) is 24.3 Å². The predicted octanol–water partition coefficient (Wildman–Crippen LogP) is 3.51. The van der Waals surface area contributed by atoms with Gasteiger partial charge < -0.3 is 4.74 Å². The van der Waals surface area contributed by atoms with Crippen LogP contribution in [0.4, 0.5) is 0 Å². The second-order valence-electron chi connectivity index (χ2n) is 5.88. The van der Waals surface area contributed by atoms with E-state index in [0.29, 0.717) is 19.4 Å². The zero-order chi connectivity index (χ0) is 15.9. The third kappa shape index (κ3) is 4.09. The van der Waals surface area contributed by atoms with Gasteiger partial charge in [0.2, 0.25) is 11.8 Å². The molecule has 22 heavy (non-hydrogen) atoms. The van der Waals surface area contributed by atoms with Gasteiger partial charge in [-0.15, -0.1) is 0 Å². The van der Waals surface area contributed by atoms with E-state index in [9.17, 15) is 9.59 Å². The largest absolute Gasteiger partial charge is 0.497 e. The first kappa shape index (κ1) is 16.5. The summed E-state index contributed by atoms with van der Waals surface area (Å²) in [6, 6.07) is 7.64. The van der Waals surface area contributed by atoms with E-state index in [1.807, 2.05) is 24.3 Å². The minimum absolute atomic E-state index is 0.00204. The minimum Gasteiger partial charge on any atom is -0.497 e. The first-order chi connectivity index (χ1) is 10.7. The Morgan fingerprint density at radius 1 is 1.05 bits per heavy atom. The molecule has 0 aromatic heterocycles. The van der Waals surface area contributed by atoms with Crippen LogP contribution in [0.25, 0.3) is 0 Å². The summed E-state index contributed by atoms with van der Waals surface area (Å²) in [6.45, 7) is 2.73. The number of methoxy groups -OCH3 is 1. The molecule has 0 saturated carbocycles. The standard InChI is InChI=1S/C18H25NO3/c1-3-4-5-6-11-19-17(20)12-15(13-18(19)21)14-7-9-16(22-2)10-8-14/h7-10,15H,3-6,11-13H2,1-2H3. The number of hydrogen-bond acceptors (Lipinski definition) is 3. The van der Waals surface area contributed by atoms with Crippen LogP contribution in [0.2, 0.25) is 0 Å². The maximum absolute atomic E-state index is 12.3. The molecule has 1 aliphatic heterocycles. The summed E-state index contributed by atoms with van der Waals surface area (Å²) in [4.78, 5) is 26.0. The maximum atomic E-state index is 12.3. The van der Waals surface area contributed by atoms with Gasteiger partial charge >= 0.3 is 0 Å². The van der Waals surface area contributed by atoms with Gasteiger partial charge in [-0.3, -0.25) is 14.5 Å². The molecule has 0 spiro atoms. The van der Waals surface area contributed by atoms with Gasteiger partial charge in [-0.2, -0.15) is 0 Å². The number of carbonyl (C=O) groups is 2. The number of hydrogen-bond donors (Lipinski definition) is 0. The molecule has 0 atom stereocenters. The molecule has 4 nitrogen and oxygen atoms in total. The Morgan fingerprint density at radius 3 is 2.23 bits per heavy atom. The number of likely N-dealkylation sites (tertiary alicyclic amines) is 1. The first-order valence-corrected chi connectivity index (χ1v) is 8.12. The molecule has 1 heterocycles. The second kappa shape index (κ2) is 7.97. The van der Waals surface area contributed by atoms with Crippen LogP contribution >= 0.6 is 0 Å². The number of ether oxygens (including phenoxy) is 1. The fourth-order valence-corrected chi connectivity index (χ4v) is 2.91. The Bertz CT molecular complexity index is 492. The van der Waals surface area contributed by atoms with E-state index in [4.69, 9.17) is 4.74 Å². The van der Waals surface area contributed by atoms with Crippen molar-refractivity contribution < 1.29 is 14.3 Å². The summed E-state index contributed by atoms with van der Waals surface area (Å²) in [6.07, 6.45) is 5.15. The van der Waals surface area contributed by atoms with E-state index >= 15 is 0 Å². The summed E-state index contributed by atoms with van der Waals surface area (Å²) in [7, 11) is 1.62. The van der Waals surface area contributed by atoms with Gasteiger partial charge in [0.15, 0.2) is 0 Å². The van der Waals surface area contributed by atoms with Crippen LogP contribution in [0.1, 0.15) is 56.9 Å². The lowest BCUT2D eigenvalue weighted by Crippen LogP contribution is -2.43. The Balaban J connectivity index is 1.94. The molecule has 0 N–H and O–H groups in total. The fourth-order valence-electron chi connectivity index (χ4n) is 2.91. The van der Waals surface area contributed by atoms with Crippen molar-refractivity contribution in [1.29, 1.82) is 0 Å². The van der Waals surface area contributed by atoms with Crippen molar-refractivity contribution in [1.82, 2.24) is 4.90 Å². The van der Waals surface area contributed by atoms with E-state index in [1.54, 1.807) is 7.11 Å². The van der Waals surface area contributed by atoms with E-state index < -0.39 is 0 Å². The normalized spacial score (nSPS) is 16.2. The third-order valence-electron chi connectivity index (χ3n) is 4.27. The van der Waals surface area contributed by atoms with Gasteiger partial charge in [0.05, 0.1) is 7.11 Å². The van der Waals surface area contributed by atoms with Crippen molar-refractivity contribution in [2.75, 3.05) is 13.7 Å². The van der Waals surface area contributed by atoms with Crippen LogP contribution in [-0.2, 0) is 9.59 Å². The number of imide groups is 1. The molecule has 1 saturated heterocycles. The molecule has 0 bridgehead atoms. The summed E-state index contributed by atoms with van der Waals surface area (Å²) < 4.78 is 5.14. The van der Waals surface area contributed by atoms with E-state index in [2.05, 4.69) is 6.92 Å². The lowest BCUT2D eigenvalue weighted by molar-refractivity contribution is -0.148. The Labute approximate surface area is 132 Å². The van der Waals surface area contributed by atoms with Gasteiger partial charge in [0.1, 0.15) is 5.75 Å². The number of unbranched alkanes of at least 4 members (excludes halogenated alkanes) is 3. The highest BCUT2D eigenvalue weighted by molar-refractivity contribution is 5.98. The molecule has 0 aliphatic carbocycles. The zero-order valence-corrected chi connectivity index (χ0v) is 13.5. The predicted molar refractivity (Wildman–Crippen MR) is 85.8 cm³/mol. The van der Waals surface area contributed by atoms with Crippen molar-refractivity contribution >= 4 is 11.8 Å². The molecule has 1 aromatic carbocycles. The summed E-state index contributed by atoms with van der Waals surface area (Å²) >= 11 is 0. The molecule has 1 aromatic rings. The highest BCUT2D eigenvalue weighted by atomic mass is 16.5. The quantitative estimate of drug-likeness (QED) is 0.572. The average molecular weight is 303 g/mol. The van der Waals surface area contributed by atoms with E-state index in [0.717, 1.165) is 37.0 Å². The minimum atomic E-state index is -0.0337. The molecular formula is C18H25NO3. The smallest absolute Gasteiger partial charge is 0.229 e. The first-order valence-electron chi connectivity index (χ1n) is 8.12. The van der Waals surface area contributed by atoms with Crippen LogP contribution in [0, 0.1) is 0 Å². The summed E-state index contributed by atoms with van der Waals surface area (Å²) in [5.74, 6) is 0.717. The number of rotatable bonds is 7. The number of piperidine rings is 1. The van der Waals surface area contributed by atoms with Gasteiger partial charge in [-0.05, 0) is 24.1 Å². The number of nitrogens with zero attached hydrogens (tertiary/aromatic N) is 1. The maximum Gasteiger partial charge on any atom is 0.229 e. The van der Waals surface area contributed by atoms with Crippen LogP contribution in [0.3, 0.4) is 0 Å². The summed E-state index contributed by atoms with van der Waals surface area (Å²) in [5.41, 5.74) is 1.04. The van der Waals surface area contributed by atoms with Crippen molar-refractivity contribution in [2.45, 2.75) is 51.4 Å². The van der Waals surface area contributed by atoms with Crippen molar-refractivity contribution in [2.24, 2.45) is 0 Å². The SMILES string of the molecule is CCCCCCN1C(=O)CC(c2ccc(OC)cc2)CC1=O. The molecule has 120 valence electrons. The van der Waals surface area contributed by atoms with Crippen molar-refractivity contribution in [3.63, 3.8) is 0 Å². The molecule has 2 rings (SSSR count). The van der Waals surface area contributed by atoms with Crippen LogP contribution < -0.4 is 4.74 Å². The molecule has 0 unspecified atom stereocenters. The van der Waals surface area contributed by atoms with Crippen LogP contribution in [-0.4, -0.2) is 30.4 Å². The monoisotopic (exact) mass is 303 g/mol. The van der Waals surface area contributed by atoms with E-state index in [-0.39, 0.29) is 17.7 Å². The topological polar surface area (TPSA) is 46.6 Å². The molecular weight excluding hydrogens is 278 g/mol. The van der Waals surface area contributed by atoms with Crippen LogP contribution in [0.5, 0.6) is 5.75 Å². The molecule has 0 radical (unpaired) electrons. The van der Waals surface area contributed by atoms with E-state index in [1.165, 1.54) is 4.90 Å².